The fraction of sp³-hybridized carbons (Fsp3) is 0.947. The molecule has 2 rings (SSSR count). The Morgan fingerprint density at radius 1 is 1.05 bits per heavy atom. The molecule has 122 valence electrons. The molecule has 21 heavy (non-hydrogen) atoms. The van der Waals surface area contributed by atoms with Crippen LogP contribution < -0.4 is 0 Å². The number of Topliss-reactive ketones (excluding diaryl/α,β-unsaturated/α-hetero) is 1. The number of ketones is 1. The van der Waals surface area contributed by atoms with Crippen LogP contribution in [-0.4, -0.2) is 29.3 Å². The molecule has 0 bridgehead atoms. The van der Waals surface area contributed by atoms with Gasteiger partial charge >= 0.3 is 0 Å². The van der Waals surface area contributed by atoms with Crippen LogP contribution in [0.3, 0.4) is 0 Å². The van der Waals surface area contributed by atoms with Crippen molar-refractivity contribution < 1.29 is 4.79 Å². The maximum absolute atomic E-state index is 13.2. The molecule has 1 aliphatic carbocycles. The second-order valence-corrected chi connectivity index (χ2v) is 7.33. The van der Waals surface area contributed by atoms with E-state index in [-0.39, 0.29) is 5.54 Å². The lowest BCUT2D eigenvalue weighted by Gasteiger charge is -2.43. The Morgan fingerprint density at radius 2 is 1.71 bits per heavy atom. The van der Waals surface area contributed by atoms with Crippen LogP contribution >= 0.6 is 0 Å². The van der Waals surface area contributed by atoms with Crippen LogP contribution in [0.25, 0.3) is 0 Å². The normalized spacial score (nSPS) is 24.1. The molecule has 1 atom stereocenters. The first-order valence-corrected chi connectivity index (χ1v) is 9.51. The van der Waals surface area contributed by atoms with Crippen molar-refractivity contribution in [2.75, 3.05) is 13.1 Å². The predicted octanol–water partition coefficient (Wildman–Crippen LogP) is 4.96. The molecule has 1 aliphatic heterocycles. The van der Waals surface area contributed by atoms with Gasteiger partial charge in [0.25, 0.3) is 0 Å². The van der Waals surface area contributed by atoms with Gasteiger partial charge in [-0.1, -0.05) is 58.8 Å². The molecule has 1 saturated carbocycles. The summed E-state index contributed by atoms with van der Waals surface area (Å²) in [6.07, 6.45) is 14.5. The van der Waals surface area contributed by atoms with Crippen molar-refractivity contribution in [1.29, 1.82) is 0 Å². The number of likely N-dealkylation sites (tertiary alicyclic amines) is 1. The average Bonchev–Trinajstić information content (AvgIpc) is 3.03. The Labute approximate surface area is 131 Å². The van der Waals surface area contributed by atoms with E-state index in [4.69, 9.17) is 0 Å². The van der Waals surface area contributed by atoms with Gasteiger partial charge in [0.15, 0.2) is 5.78 Å². The van der Waals surface area contributed by atoms with E-state index in [9.17, 15) is 4.79 Å². The monoisotopic (exact) mass is 293 g/mol. The minimum Gasteiger partial charge on any atom is -0.298 e. The molecule has 2 fully saturated rings. The highest BCUT2D eigenvalue weighted by molar-refractivity contribution is 5.89. The van der Waals surface area contributed by atoms with Crippen LogP contribution in [-0.2, 0) is 4.79 Å². The highest BCUT2D eigenvalue weighted by atomic mass is 16.1. The van der Waals surface area contributed by atoms with Crippen LogP contribution in [0.1, 0.15) is 90.9 Å². The third-order valence-electron chi connectivity index (χ3n) is 5.93. The standard InChI is InChI=1S/C19H35NO/c1-3-5-11-17(4-2)16-18(21)19(12-7-8-13-19)20-14-9-6-10-15-20/h17H,3-16H2,1-2H3. The minimum atomic E-state index is -0.0555. The summed E-state index contributed by atoms with van der Waals surface area (Å²) in [6, 6.07) is 0. The lowest BCUT2D eigenvalue weighted by Crippen LogP contribution is -2.54. The Bertz CT molecular complexity index is 314. The Kier molecular flexibility index (Phi) is 6.73. The van der Waals surface area contributed by atoms with Gasteiger partial charge in [-0.15, -0.1) is 0 Å². The van der Waals surface area contributed by atoms with Crippen molar-refractivity contribution in [3.63, 3.8) is 0 Å². The molecule has 0 N–H and O–H groups in total. The van der Waals surface area contributed by atoms with Gasteiger partial charge in [0, 0.05) is 6.42 Å². The summed E-state index contributed by atoms with van der Waals surface area (Å²) in [5, 5.41) is 0. The van der Waals surface area contributed by atoms with E-state index in [0.717, 1.165) is 32.4 Å². The van der Waals surface area contributed by atoms with E-state index in [1.165, 1.54) is 57.8 Å². The van der Waals surface area contributed by atoms with Crippen molar-refractivity contribution in [1.82, 2.24) is 4.90 Å². The molecular formula is C19H35NO. The smallest absolute Gasteiger partial charge is 0.153 e. The third kappa shape index (κ3) is 4.09. The summed E-state index contributed by atoms with van der Waals surface area (Å²) in [4.78, 5) is 15.7. The third-order valence-corrected chi connectivity index (χ3v) is 5.93. The largest absolute Gasteiger partial charge is 0.298 e. The van der Waals surface area contributed by atoms with E-state index in [0.29, 0.717) is 11.7 Å². The van der Waals surface area contributed by atoms with Crippen LogP contribution in [0, 0.1) is 5.92 Å². The number of carbonyl (C=O) groups excluding carboxylic acids is 1. The number of rotatable bonds is 8. The van der Waals surface area contributed by atoms with Gasteiger partial charge in [-0.2, -0.15) is 0 Å². The first-order chi connectivity index (χ1) is 10.2. The molecule has 0 radical (unpaired) electrons. The highest BCUT2D eigenvalue weighted by Crippen LogP contribution is 2.39. The summed E-state index contributed by atoms with van der Waals surface area (Å²) in [5.41, 5.74) is -0.0555. The van der Waals surface area contributed by atoms with Gasteiger partial charge in [-0.3, -0.25) is 9.69 Å². The molecule has 2 heteroatoms. The molecule has 1 saturated heterocycles. The molecule has 2 aliphatic rings. The summed E-state index contributed by atoms with van der Waals surface area (Å²) < 4.78 is 0. The fourth-order valence-corrected chi connectivity index (χ4v) is 4.45. The van der Waals surface area contributed by atoms with E-state index in [1.807, 2.05) is 0 Å². The SMILES string of the molecule is CCCCC(CC)CC(=O)C1(N2CCCCC2)CCCC1. The number of nitrogens with zero attached hydrogens (tertiary/aromatic N) is 1. The Morgan fingerprint density at radius 3 is 2.29 bits per heavy atom. The van der Waals surface area contributed by atoms with E-state index >= 15 is 0 Å². The number of carbonyl (C=O) groups is 1. The predicted molar refractivity (Wildman–Crippen MR) is 89.6 cm³/mol. The van der Waals surface area contributed by atoms with Crippen molar-refractivity contribution in [3.8, 4) is 0 Å². The van der Waals surface area contributed by atoms with Gasteiger partial charge in [-0.25, -0.2) is 0 Å². The summed E-state index contributed by atoms with van der Waals surface area (Å²) in [5.74, 6) is 1.21. The first-order valence-electron chi connectivity index (χ1n) is 9.51. The van der Waals surface area contributed by atoms with E-state index in [2.05, 4.69) is 18.7 Å². The Hall–Kier alpha value is -0.370. The minimum absolute atomic E-state index is 0.0555. The molecule has 1 unspecified atom stereocenters. The summed E-state index contributed by atoms with van der Waals surface area (Å²) >= 11 is 0. The second kappa shape index (κ2) is 8.31. The summed E-state index contributed by atoms with van der Waals surface area (Å²) in [7, 11) is 0. The number of unbranched alkanes of at least 4 members (excludes halogenated alkanes) is 1. The first kappa shape index (κ1) is 17.0. The zero-order chi connectivity index (χ0) is 15.1. The lowest BCUT2D eigenvalue weighted by molar-refractivity contribution is -0.133. The zero-order valence-electron chi connectivity index (χ0n) is 14.3. The van der Waals surface area contributed by atoms with Crippen molar-refractivity contribution >= 4 is 5.78 Å². The number of piperidine rings is 1. The second-order valence-electron chi connectivity index (χ2n) is 7.33. The Balaban J connectivity index is 2.01. The molecule has 0 aromatic carbocycles. The maximum atomic E-state index is 13.2. The van der Waals surface area contributed by atoms with Gasteiger partial charge in [0.05, 0.1) is 5.54 Å². The van der Waals surface area contributed by atoms with Gasteiger partial charge in [0.1, 0.15) is 0 Å². The van der Waals surface area contributed by atoms with Crippen molar-refractivity contribution in [2.24, 2.45) is 5.92 Å². The molecule has 0 aromatic rings. The van der Waals surface area contributed by atoms with Crippen LogP contribution in [0.5, 0.6) is 0 Å². The molecule has 0 spiro atoms. The molecule has 0 aromatic heterocycles. The molecule has 2 nitrogen and oxygen atoms in total. The fourth-order valence-electron chi connectivity index (χ4n) is 4.45. The van der Waals surface area contributed by atoms with E-state index in [1.54, 1.807) is 0 Å². The van der Waals surface area contributed by atoms with Gasteiger partial charge in [0.2, 0.25) is 0 Å². The quantitative estimate of drug-likeness (QED) is 0.630. The van der Waals surface area contributed by atoms with Crippen molar-refractivity contribution in [3.05, 3.63) is 0 Å². The molecule has 0 amide bonds. The molecular weight excluding hydrogens is 258 g/mol. The maximum Gasteiger partial charge on any atom is 0.153 e. The topological polar surface area (TPSA) is 20.3 Å². The van der Waals surface area contributed by atoms with E-state index < -0.39 is 0 Å². The zero-order valence-corrected chi connectivity index (χ0v) is 14.3. The summed E-state index contributed by atoms with van der Waals surface area (Å²) in [6.45, 7) is 6.84. The van der Waals surface area contributed by atoms with Gasteiger partial charge in [-0.05, 0) is 44.7 Å². The molecule has 1 heterocycles. The number of hydrogen-bond donors (Lipinski definition) is 0. The van der Waals surface area contributed by atoms with Crippen LogP contribution in [0.15, 0.2) is 0 Å². The average molecular weight is 293 g/mol. The van der Waals surface area contributed by atoms with Gasteiger partial charge < -0.3 is 0 Å². The van der Waals surface area contributed by atoms with Crippen LogP contribution in [0.2, 0.25) is 0 Å². The number of hydrogen-bond acceptors (Lipinski definition) is 2. The van der Waals surface area contributed by atoms with Crippen LogP contribution in [0.4, 0.5) is 0 Å². The highest BCUT2D eigenvalue weighted by Gasteiger charge is 2.45. The lowest BCUT2D eigenvalue weighted by atomic mass is 9.81. The van der Waals surface area contributed by atoms with Crippen molar-refractivity contribution in [2.45, 2.75) is 96.4 Å².